The molecule has 1 rings (SSSR count). The summed E-state index contributed by atoms with van der Waals surface area (Å²) in [5.41, 5.74) is 7.63. The molecule has 3 N–H and O–H groups in total. The zero-order chi connectivity index (χ0) is 9.68. The molecule has 0 atom stereocenters. The Morgan fingerprint density at radius 1 is 1.54 bits per heavy atom. The number of hydrogen-bond acceptors (Lipinski definition) is 2. The first-order valence-electron chi connectivity index (χ1n) is 4.10. The smallest absolute Gasteiger partial charge is 0.0388 e. The number of rotatable bonds is 3. The van der Waals surface area contributed by atoms with E-state index in [1.807, 2.05) is 37.4 Å². The van der Waals surface area contributed by atoms with E-state index in [9.17, 15) is 0 Å². The van der Waals surface area contributed by atoms with Gasteiger partial charge >= 0.3 is 0 Å². The Morgan fingerprint density at radius 3 is 3.00 bits per heavy atom. The van der Waals surface area contributed by atoms with Crippen LogP contribution in [0, 0.1) is 0 Å². The minimum atomic E-state index is 0.801. The van der Waals surface area contributed by atoms with Crippen molar-refractivity contribution in [3.05, 3.63) is 34.3 Å². The number of halogens is 1. The van der Waals surface area contributed by atoms with E-state index >= 15 is 0 Å². The van der Waals surface area contributed by atoms with Crippen molar-refractivity contribution in [2.24, 2.45) is 0 Å². The molecule has 0 radical (unpaired) electrons. The standard InChI is InChI=1S/C10H13BrN2/c1-13-6-2-3-8-7-9(11)4-5-10(8)12/h2-5,7,13H,6,12H2,1H3. The molecule has 0 spiro atoms. The number of benzene rings is 1. The third-order valence-electron chi connectivity index (χ3n) is 1.67. The van der Waals surface area contributed by atoms with Gasteiger partial charge in [0.15, 0.2) is 0 Å². The maximum atomic E-state index is 5.78. The van der Waals surface area contributed by atoms with Gasteiger partial charge in [0.1, 0.15) is 0 Å². The summed E-state index contributed by atoms with van der Waals surface area (Å²) in [6.07, 6.45) is 4.05. The van der Waals surface area contributed by atoms with Gasteiger partial charge in [-0.15, -0.1) is 0 Å². The Labute approximate surface area is 87.0 Å². The Kier molecular flexibility index (Phi) is 3.99. The van der Waals surface area contributed by atoms with E-state index in [-0.39, 0.29) is 0 Å². The van der Waals surface area contributed by atoms with Gasteiger partial charge in [-0.3, -0.25) is 0 Å². The molecule has 0 saturated carbocycles. The number of nitrogen functional groups attached to an aromatic ring is 1. The molecule has 0 saturated heterocycles. The highest BCUT2D eigenvalue weighted by Crippen LogP contribution is 2.19. The molecule has 13 heavy (non-hydrogen) atoms. The van der Waals surface area contributed by atoms with Crippen molar-refractivity contribution >= 4 is 27.7 Å². The maximum Gasteiger partial charge on any atom is 0.0388 e. The van der Waals surface area contributed by atoms with E-state index in [1.165, 1.54) is 0 Å². The summed E-state index contributed by atoms with van der Waals surface area (Å²) >= 11 is 3.40. The topological polar surface area (TPSA) is 38.0 Å². The first-order chi connectivity index (χ1) is 6.24. The third kappa shape index (κ3) is 3.20. The average Bonchev–Trinajstić information content (AvgIpc) is 2.11. The zero-order valence-electron chi connectivity index (χ0n) is 7.55. The molecule has 0 aliphatic rings. The van der Waals surface area contributed by atoms with Crippen molar-refractivity contribution in [3.8, 4) is 0 Å². The average molecular weight is 241 g/mol. The predicted octanol–water partition coefficient (Wildman–Crippen LogP) is 2.26. The fraction of sp³-hybridized carbons (Fsp3) is 0.200. The van der Waals surface area contributed by atoms with Gasteiger partial charge < -0.3 is 11.1 Å². The minimum absolute atomic E-state index is 0.801. The SMILES string of the molecule is CNCC=Cc1cc(Br)ccc1N. The van der Waals surface area contributed by atoms with Crippen molar-refractivity contribution in [2.75, 3.05) is 19.3 Å². The molecule has 0 aromatic heterocycles. The highest BCUT2D eigenvalue weighted by Gasteiger charge is 1.94. The largest absolute Gasteiger partial charge is 0.398 e. The summed E-state index contributed by atoms with van der Waals surface area (Å²) in [6.45, 7) is 0.853. The molecule has 70 valence electrons. The van der Waals surface area contributed by atoms with Gasteiger partial charge in [0, 0.05) is 16.7 Å². The van der Waals surface area contributed by atoms with Crippen LogP contribution in [0.3, 0.4) is 0 Å². The highest BCUT2D eigenvalue weighted by atomic mass is 79.9. The number of likely N-dealkylation sites (N-methyl/N-ethyl adjacent to an activating group) is 1. The van der Waals surface area contributed by atoms with Gasteiger partial charge in [-0.05, 0) is 30.8 Å². The lowest BCUT2D eigenvalue weighted by Gasteiger charge is -2.00. The van der Waals surface area contributed by atoms with Crippen LogP contribution in [0.15, 0.2) is 28.7 Å². The lowest BCUT2D eigenvalue weighted by molar-refractivity contribution is 0.922. The monoisotopic (exact) mass is 240 g/mol. The van der Waals surface area contributed by atoms with Crippen molar-refractivity contribution in [1.82, 2.24) is 5.32 Å². The molecule has 3 heteroatoms. The molecule has 0 bridgehead atoms. The molecule has 0 heterocycles. The number of anilines is 1. The van der Waals surface area contributed by atoms with Gasteiger partial charge in [-0.25, -0.2) is 0 Å². The Balaban J connectivity index is 2.81. The molecular weight excluding hydrogens is 228 g/mol. The third-order valence-corrected chi connectivity index (χ3v) is 2.16. The summed E-state index contributed by atoms with van der Waals surface area (Å²) in [5, 5.41) is 3.03. The van der Waals surface area contributed by atoms with Crippen LogP contribution in [0.4, 0.5) is 5.69 Å². The zero-order valence-corrected chi connectivity index (χ0v) is 9.14. The van der Waals surface area contributed by atoms with Crippen LogP contribution in [0.25, 0.3) is 6.08 Å². The van der Waals surface area contributed by atoms with Crippen LogP contribution in [0.2, 0.25) is 0 Å². The second-order valence-corrected chi connectivity index (χ2v) is 3.65. The molecular formula is C10H13BrN2. The summed E-state index contributed by atoms with van der Waals surface area (Å²) in [7, 11) is 1.91. The van der Waals surface area contributed by atoms with Gasteiger partial charge in [0.25, 0.3) is 0 Å². The van der Waals surface area contributed by atoms with Crippen molar-refractivity contribution in [3.63, 3.8) is 0 Å². The van der Waals surface area contributed by atoms with Gasteiger partial charge in [0.05, 0.1) is 0 Å². The fourth-order valence-corrected chi connectivity index (χ4v) is 1.37. The first-order valence-corrected chi connectivity index (χ1v) is 4.89. The quantitative estimate of drug-likeness (QED) is 0.796. The second-order valence-electron chi connectivity index (χ2n) is 2.73. The fourth-order valence-electron chi connectivity index (χ4n) is 0.994. The van der Waals surface area contributed by atoms with Crippen LogP contribution in [-0.4, -0.2) is 13.6 Å². The van der Waals surface area contributed by atoms with Crippen LogP contribution in [-0.2, 0) is 0 Å². The normalized spacial score (nSPS) is 10.9. The summed E-state index contributed by atoms with van der Waals surface area (Å²) in [6, 6.07) is 5.83. The molecule has 1 aromatic rings. The van der Waals surface area contributed by atoms with E-state index in [0.717, 1.165) is 22.3 Å². The number of hydrogen-bond donors (Lipinski definition) is 2. The van der Waals surface area contributed by atoms with Crippen LogP contribution >= 0.6 is 15.9 Å². The van der Waals surface area contributed by atoms with Crippen LogP contribution in [0.1, 0.15) is 5.56 Å². The lowest BCUT2D eigenvalue weighted by Crippen LogP contribution is -2.03. The molecule has 1 aromatic carbocycles. The molecule has 0 unspecified atom stereocenters. The molecule has 0 aliphatic heterocycles. The predicted molar refractivity (Wildman–Crippen MR) is 61.5 cm³/mol. The van der Waals surface area contributed by atoms with Gasteiger partial charge in [0.2, 0.25) is 0 Å². The van der Waals surface area contributed by atoms with E-state index < -0.39 is 0 Å². The van der Waals surface area contributed by atoms with Crippen LogP contribution in [0.5, 0.6) is 0 Å². The molecule has 0 amide bonds. The van der Waals surface area contributed by atoms with E-state index in [0.29, 0.717) is 0 Å². The Hall–Kier alpha value is -0.800. The maximum absolute atomic E-state index is 5.78. The molecule has 0 aliphatic carbocycles. The number of nitrogens with one attached hydrogen (secondary N) is 1. The van der Waals surface area contributed by atoms with Crippen LogP contribution < -0.4 is 11.1 Å². The lowest BCUT2D eigenvalue weighted by atomic mass is 10.1. The summed E-state index contributed by atoms with van der Waals surface area (Å²) < 4.78 is 1.05. The number of nitrogens with two attached hydrogens (primary N) is 1. The van der Waals surface area contributed by atoms with Gasteiger partial charge in [-0.1, -0.05) is 28.1 Å². The van der Waals surface area contributed by atoms with Crippen molar-refractivity contribution < 1.29 is 0 Å². The highest BCUT2D eigenvalue weighted by molar-refractivity contribution is 9.10. The van der Waals surface area contributed by atoms with Crippen molar-refractivity contribution in [1.29, 1.82) is 0 Å². The van der Waals surface area contributed by atoms with E-state index in [2.05, 4.69) is 21.2 Å². The molecule has 2 nitrogen and oxygen atoms in total. The summed E-state index contributed by atoms with van der Waals surface area (Å²) in [4.78, 5) is 0. The van der Waals surface area contributed by atoms with Gasteiger partial charge in [-0.2, -0.15) is 0 Å². The summed E-state index contributed by atoms with van der Waals surface area (Å²) in [5.74, 6) is 0. The Bertz CT molecular complexity index is 308. The molecule has 0 fully saturated rings. The Morgan fingerprint density at radius 2 is 2.31 bits per heavy atom. The first kappa shape index (κ1) is 10.3. The van der Waals surface area contributed by atoms with Crippen molar-refractivity contribution in [2.45, 2.75) is 0 Å². The van der Waals surface area contributed by atoms with E-state index in [1.54, 1.807) is 0 Å². The minimum Gasteiger partial charge on any atom is -0.398 e. The van der Waals surface area contributed by atoms with E-state index in [4.69, 9.17) is 5.73 Å². The second kappa shape index (κ2) is 5.04.